The second-order valence-electron chi connectivity index (χ2n) is 4.02. The third-order valence-electron chi connectivity index (χ3n) is 2.62. The number of anilines is 2. The number of rotatable bonds is 3. The largest absolute Gasteiger partial charge is 0.495 e. The van der Waals surface area contributed by atoms with E-state index in [1.54, 1.807) is 13.2 Å². The maximum atomic E-state index is 6.08. The minimum Gasteiger partial charge on any atom is -0.495 e. The van der Waals surface area contributed by atoms with Crippen molar-refractivity contribution in [1.29, 1.82) is 0 Å². The van der Waals surface area contributed by atoms with Crippen LogP contribution in [0.25, 0.3) is 0 Å². The first-order valence-electron chi connectivity index (χ1n) is 5.55. The number of hydrogen-bond acceptors (Lipinski definition) is 3. The molecule has 7 heteroatoms. The first-order valence-corrected chi connectivity index (χ1v) is 7.06. The summed E-state index contributed by atoms with van der Waals surface area (Å²) in [5.74, 6) is 0.964. The Balaban J connectivity index is 2.44. The van der Waals surface area contributed by atoms with Gasteiger partial charge in [-0.1, -0.05) is 46.4 Å². The molecule has 2 rings (SSSR count). The average molecular weight is 352 g/mol. The molecule has 0 aliphatic heterocycles. The van der Waals surface area contributed by atoms with E-state index in [4.69, 9.17) is 51.1 Å². The molecule has 0 fully saturated rings. The smallest absolute Gasteiger partial charge is 0.151 e. The van der Waals surface area contributed by atoms with E-state index in [9.17, 15) is 0 Å². The number of benzene rings is 1. The van der Waals surface area contributed by atoms with Gasteiger partial charge in [0.25, 0.3) is 0 Å². The average Bonchev–Trinajstić information content (AvgIpc) is 2.39. The van der Waals surface area contributed by atoms with Crippen LogP contribution in [0.5, 0.6) is 5.75 Å². The van der Waals surface area contributed by atoms with E-state index in [0.717, 1.165) is 5.56 Å². The van der Waals surface area contributed by atoms with Crippen LogP contribution in [0.3, 0.4) is 0 Å². The predicted molar refractivity (Wildman–Crippen MR) is 85.3 cm³/mol. The zero-order valence-electron chi connectivity index (χ0n) is 10.6. The molecule has 1 aromatic carbocycles. The summed E-state index contributed by atoms with van der Waals surface area (Å²) in [5.41, 5.74) is 1.58. The Bertz CT molecular complexity index is 661. The van der Waals surface area contributed by atoms with Crippen molar-refractivity contribution in [3.8, 4) is 5.75 Å². The lowest BCUT2D eigenvalue weighted by molar-refractivity contribution is 0.416. The molecule has 0 aliphatic rings. The topological polar surface area (TPSA) is 34.1 Å². The minimum atomic E-state index is 0.170. The van der Waals surface area contributed by atoms with Gasteiger partial charge < -0.3 is 10.1 Å². The van der Waals surface area contributed by atoms with E-state index < -0.39 is 0 Å². The standard InChI is InChI=1S/C13H10Cl4N2O/c1-6-3-10(11(20-2)5-7(6)14)18-13-9(16)4-8(15)12(17)19-13/h3-5H,1-2H3,(H,18,19). The summed E-state index contributed by atoms with van der Waals surface area (Å²) < 4.78 is 5.27. The Morgan fingerprint density at radius 3 is 2.35 bits per heavy atom. The number of pyridine rings is 1. The van der Waals surface area contributed by atoms with E-state index in [1.807, 2.05) is 13.0 Å². The zero-order valence-corrected chi connectivity index (χ0v) is 13.6. The Morgan fingerprint density at radius 2 is 1.70 bits per heavy atom. The molecule has 2 aromatic rings. The van der Waals surface area contributed by atoms with Gasteiger partial charge in [-0.25, -0.2) is 4.98 Å². The van der Waals surface area contributed by atoms with E-state index >= 15 is 0 Å². The van der Waals surface area contributed by atoms with E-state index in [2.05, 4.69) is 10.3 Å². The lowest BCUT2D eigenvalue weighted by Gasteiger charge is -2.14. The number of nitrogens with zero attached hydrogens (tertiary/aromatic N) is 1. The van der Waals surface area contributed by atoms with Crippen molar-refractivity contribution in [2.75, 3.05) is 12.4 Å². The van der Waals surface area contributed by atoms with Gasteiger partial charge >= 0.3 is 0 Å². The molecule has 0 radical (unpaired) electrons. The molecule has 0 saturated carbocycles. The molecule has 3 nitrogen and oxygen atoms in total. The summed E-state index contributed by atoms with van der Waals surface area (Å²) in [6, 6.07) is 5.07. The molecular formula is C13H10Cl4N2O. The van der Waals surface area contributed by atoms with Crippen LogP contribution < -0.4 is 10.1 Å². The molecule has 0 saturated heterocycles. The summed E-state index contributed by atoms with van der Waals surface area (Å²) in [6.45, 7) is 1.89. The second kappa shape index (κ2) is 6.27. The van der Waals surface area contributed by atoms with Gasteiger partial charge in [0, 0.05) is 11.1 Å². The molecule has 1 aromatic heterocycles. The van der Waals surface area contributed by atoms with Crippen LogP contribution in [-0.2, 0) is 0 Å². The van der Waals surface area contributed by atoms with Crippen molar-refractivity contribution in [2.45, 2.75) is 6.92 Å². The quantitative estimate of drug-likeness (QED) is 0.714. The highest BCUT2D eigenvalue weighted by molar-refractivity contribution is 6.43. The molecule has 0 spiro atoms. The van der Waals surface area contributed by atoms with Crippen LogP contribution in [0.4, 0.5) is 11.5 Å². The van der Waals surface area contributed by atoms with Crippen LogP contribution in [0.15, 0.2) is 18.2 Å². The van der Waals surface area contributed by atoms with Gasteiger partial charge in [0.15, 0.2) is 5.82 Å². The number of methoxy groups -OCH3 is 1. The first-order chi connectivity index (χ1) is 9.42. The van der Waals surface area contributed by atoms with Crippen LogP contribution >= 0.6 is 46.4 Å². The second-order valence-corrected chi connectivity index (χ2v) is 5.60. The lowest BCUT2D eigenvalue weighted by Crippen LogP contribution is -1.99. The number of halogens is 4. The van der Waals surface area contributed by atoms with Gasteiger partial charge in [-0.15, -0.1) is 0 Å². The SMILES string of the molecule is COc1cc(Cl)c(C)cc1Nc1nc(Cl)c(Cl)cc1Cl. The molecule has 106 valence electrons. The fourth-order valence-corrected chi connectivity index (χ4v) is 2.29. The Morgan fingerprint density at radius 1 is 1.00 bits per heavy atom. The number of nitrogens with one attached hydrogen (secondary N) is 1. The maximum absolute atomic E-state index is 6.08. The van der Waals surface area contributed by atoms with Gasteiger partial charge in [0.2, 0.25) is 0 Å². The van der Waals surface area contributed by atoms with Crippen LogP contribution in [-0.4, -0.2) is 12.1 Å². The summed E-state index contributed by atoms with van der Waals surface area (Å²) in [4.78, 5) is 4.10. The van der Waals surface area contributed by atoms with Crippen molar-refractivity contribution in [2.24, 2.45) is 0 Å². The van der Waals surface area contributed by atoms with Gasteiger partial charge in [-0.3, -0.25) is 0 Å². The van der Waals surface area contributed by atoms with Crippen molar-refractivity contribution in [1.82, 2.24) is 4.98 Å². The highest BCUT2D eigenvalue weighted by Crippen LogP contribution is 2.36. The van der Waals surface area contributed by atoms with Crippen LogP contribution in [0.2, 0.25) is 20.2 Å². The molecule has 0 unspecified atom stereocenters. The molecule has 1 heterocycles. The van der Waals surface area contributed by atoms with Crippen molar-refractivity contribution >= 4 is 57.9 Å². The number of aromatic nitrogens is 1. The van der Waals surface area contributed by atoms with Crippen molar-refractivity contribution in [3.63, 3.8) is 0 Å². The van der Waals surface area contributed by atoms with E-state index in [-0.39, 0.29) is 5.15 Å². The number of ether oxygens (including phenoxy) is 1. The van der Waals surface area contributed by atoms with E-state index in [1.165, 1.54) is 6.07 Å². The zero-order chi connectivity index (χ0) is 14.9. The predicted octanol–water partition coefficient (Wildman–Crippen LogP) is 5.76. The van der Waals surface area contributed by atoms with Gasteiger partial charge in [0.1, 0.15) is 10.9 Å². The van der Waals surface area contributed by atoms with Crippen LogP contribution in [0, 0.1) is 6.92 Å². The fourth-order valence-electron chi connectivity index (χ4n) is 1.59. The van der Waals surface area contributed by atoms with E-state index in [0.29, 0.717) is 32.3 Å². The molecule has 1 N–H and O–H groups in total. The molecule has 0 amide bonds. The third kappa shape index (κ3) is 3.23. The lowest BCUT2D eigenvalue weighted by atomic mass is 10.2. The molecule has 20 heavy (non-hydrogen) atoms. The summed E-state index contributed by atoms with van der Waals surface area (Å²) in [6.07, 6.45) is 0. The molecule has 0 bridgehead atoms. The highest BCUT2D eigenvalue weighted by atomic mass is 35.5. The minimum absolute atomic E-state index is 0.170. The number of aryl methyl sites for hydroxylation is 1. The molecular weight excluding hydrogens is 342 g/mol. The Hall–Kier alpha value is -0.870. The highest BCUT2D eigenvalue weighted by Gasteiger charge is 2.12. The summed E-state index contributed by atoms with van der Waals surface area (Å²) in [7, 11) is 1.55. The third-order valence-corrected chi connectivity index (χ3v) is 3.99. The molecule has 0 atom stereocenters. The molecule has 0 aliphatic carbocycles. The normalized spacial score (nSPS) is 10.5. The van der Waals surface area contributed by atoms with Crippen molar-refractivity contribution < 1.29 is 4.74 Å². The monoisotopic (exact) mass is 350 g/mol. The fraction of sp³-hybridized carbons (Fsp3) is 0.154. The maximum Gasteiger partial charge on any atom is 0.151 e. The van der Waals surface area contributed by atoms with Gasteiger partial charge in [0.05, 0.1) is 22.8 Å². The summed E-state index contributed by atoms with van der Waals surface area (Å²) >= 11 is 23.9. The Kier molecular flexibility index (Phi) is 4.86. The Labute approximate surface area is 136 Å². The number of hydrogen-bond donors (Lipinski definition) is 1. The summed E-state index contributed by atoms with van der Waals surface area (Å²) in [5, 5.41) is 4.49. The van der Waals surface area contributed by atoms with Crippen molar-refractivity contribution in [3.05, 3.63) is 44.0 Å². The van der Waals surface area contributed by atoms with Gasteiger partial charge in [-0.2, -0.15) is 0 Å². The van der Waals surface area contributed by atoms with Crippen LogP contribution in [0.1, 0.15) is 5.56 Å². The van der Waals surface area contributed by atoms with Gasteiger partial charge in [-0.05, 0) is 24.6 Å². The first kappa shape index (κ1) is 15.5.